The lowest BCUT2D eigenvalue weighted by molar-refractivity contribution is 0.413. The standard InChI is InChI=1S/C12H18FN3S/c1-9-8-10(13)4-5-11(9)15-12(17)14-6-7-16(2)3/h4-5,8H,6-7H2,1-3H3,(H2,14,15,17). The van der Waals surface area contributed by atoms with E-state index in [-0.39, 0.29) is 5.82 Å². The molecule has 1 aromatic carbocycles. The molecule has 0 aliphatic heterocycles. The van der Waals surface area contributed by atoms with E-state index < -0.39 is 0 Å². The summed E-state index contributed by atoms with van der Waals surface area (Å²) >= 11 is 5.15. The van der Waals surface area contributed by atoms with E-state index >= 15 is 0 Å². The van der Waals surface area contributed by atoms with Crippen molar-refractivity contribution in [2.24, 2.45) is 0 Å². The number of anilines is 1. The minimum absolute atomic E-state index is 0.237. The van der Waals surface area contributed by atoms with Crippen LogP contribution in [-0.4, -0.2) is 37.2 Å². The molecule has 0 saturated carbocycles. The van der Waals surface area contributed by atoms with E-state index in [9.17, 15) is 4.39 Å². The molecule has 0 bridgehead atoms. The summed E-state index contributed by atoms with van der Waals surface area (Å²) in [6.07, 6.45) is 0. The average molecular weight is 255 g/mol. The minimum atomic E-state index is -0.237. The fourth-order valence-corrected chi connectivity index (χ4v) is 1.54. The predicted octanol–water partition coefficient (Wildman–Crippen LogP) is 1.98. The monoisotopic (exact) mass is 255 g/mol. The highest BCUT2D eigenvalue weighted by Crippen LogP contribution is 2.15. The van der Waals surface area contributed by atoms with Crippen molar-refractivity contribution in [2.75, 3.05) is 32.5 Å². The maximum Gasteiger partial charge on any atom is 0.170 e. The van der Waals surface area contributed by atoms with Crippen molar-refractivity contribution < 1.29 is 4.39 Å². The summed E-state index contributed by atoms with van der Waals surface area (Å²) in [5.41, 5.74) is 1.66. The van der Waals surface area contributed by atoms with Crippen molar-refractivity contribution in [1.82, 2.24) is 10.2 Å². The van der Waals surface area contributed by atoms with Crippen molar-refractivity contribution in [3.05, 3.63) is 29.6 Å². The number of likely N-dealkylation sites (N-methyl/N-ethyl adjacent to an activating group) is 1. The molecule has 0 spiro atoms. The van der Waals surface area contributed by atoms with Crippen LogP contribution in [-0.2, 0) is 0 Å². The first-order valence-electron chi connectivity index (χ1n) is 5.45. The first-order chi connectivity index (χ1) is 7.99. The van der Waals surface area contributed by atoms with Crippen LogP contribution >= 0.6 is 12.2 Å². The van der Waals surface area contributed by atoms with Gasteiger partial charge in [-0.05, 0) is 57.0 Å². The number of benzene rings is 1. The average Bonchev–Trinajstić information content (AvgIpc) is 2.21. The Morgan fingerprint density at radius 1 is 1.41 bits per heavy atom. The summed E-state index contributed by atoms with van der Waals surface area (Å²) in [5, 5.41) is 6.69. The first-order valence-corrected chi connectivity index (χ1v) is 5.85. The van der Waals surface area contributed by atoms with Crippen LogP contribution < -0.4 is 10.6 Å². The van der Waals surface area contributed by atoms with Crippen LogP contribution in [0, 0.1) is 12.7 Å². The van der Waals surface area contributed by atoms with Crippen LogP contribution in [0.1, 0.15) is 5.56 Å². The van der Waals surface area contributed by atoms with E-state index in [1.807, 2.05) is 21.0 Å². The highest BCUT2D eigenvalue weighted by atomic mass is 32.1. The largest absolute Gasteiger partial charge is 0.361 e. The lowest BCUT2D eigenvalue weighted by Gasteiger charge is -2.14. The van der Waals surface area contributed by atoms with Gasteiger partial charge in [0, 0.05) is 18.8 Å². The molecule has 0 heterocycles. The van der Waals surface area contributed by atoms with Gasteiger partial charge < -0.3 is 15.5 Å². The predicted molar refractivity (Wildman–Crippen MR) is 73.9 cm³/mol. The quantitative estimate of drug-likeness (QED) is 0.805. The van der Waals surface area contributed by atoms with Crippen molar-refractivity contribution >= 4 is 23.0 Å². The van der Waals surface area contributed by atoms with Gasteiger partial charge in [0.25, 0.3) is 0 Å². The van der Waals surface area contributed by atoms with Gasteiger partial charge in [0.05, 0.1) is 0 Å². The molecule has 2 N–H and O–H groups in total. The van der Waals surface area contributed by atoms with Gasteiger partial charge in [-0.3, -0.25) is 0 Å². The molecule has 0 aliphatic carbocycles. The smallest absolute Gasteiger partial charge is 0.170 e. The molecule has 17 heavy (non-hydrogen) atoms. The molecule has 0 radical (unpaired) electrons. The van der Waals surface area contributed by atoms with Crippen LogP contribution in [0.25, 0.3) is 0 Å². The Morgan fingerprint density at radius 3 is 2.71 bits per heavy atom. The zero-order chi connectivity index (χ0) is 12.8. The summed E-state index contributed by atoms with van der Waals surface area (Å²) in [6.45, 7) is 3.52. The summed E-state index contributed by atoms with van der Waals surface area (Å²) in [7, 11) is 4.00. The zero-order valence-electron chi connectivity index (χ0n) is 10.4. The molecule has 0 aliphatic rings. The third-order valence-electron chi connectivity index (χ3n) is 2.28. The lowest BCUT2D eigenvalue weighted by Crippen LogP contribution is -2.34. The van der Waals surface area contributed by atoms with Crippen LogP contribution in [0.4, 0.5) is 10.1 Å². The molecule has 5 heteroatoms. The number of thiocarbonyl (C=S) groups is 1. The Labute approximate surface area is 107 Å². The van der Waals surface area contributed by atoms with Crippen LogP contribution in [0.3, 0.4) is 0 Å². The number of hydrogen-bond donors (Lipinski definition) is 2. The van der Waals surface area contributed by atoms with Crippen molar-refractivity contribution in [1.29, 1.82) is 0 Å². The molecule has 0 aromatic heterocycles. The number of nitrogens with zero attached hydrogens (tertiary/aromatic N) is 1. The van der Waals surface area contributed by atoms with E-state index in [0.717, 1.165) is 24.3 Å². The topological polar surface area (TPSA) is 27.3 Å². The first kappa shape index (κ1) is 13.9. The summed E-state index contributed by atoms with van der Waals surface area (Å²) in [4.78, 5) is 2.07. The van der Waals surface area contributed by atoms with Gasteiger partial charge in [0.2, 0.25) is 0 Å². The van der Waals surface area contributed by atoms with Crippen molar-refractivity contribution in [3.8, 4) is 0 Å². The number of aryl methyl sites for hydroxylation is 1. The van der Waals surface area contributed by atoms with E-state index in [2.05, 4.69) is 15.5 Å². The number of halogens is 1. The molecule has 3 nitrogen and oxygen atoms in total. The highest BCUT2D eigenvalue weighted by Gasteiger charge is 2.02. The molecule has 0 unspecified atom stereocenters. The summed E-state index contributed by atoms with van der Waals surface area (Å²) < 4.78 is 12.9. The second kappa shape index (κ2) is 6.51. The second-order valence-corrected chi connectivity index (χ2v) is 4.55. The van der Waals surface area contributed by atoms with E-state index in [0.29, 0.717) is 5.11 Å². The Kier molecular flexibility index (Phi) is 5.31. The van der Waals surface area contributed by atoms with Gasteiger partial charge >= 0.3 is 0 Å². The fourth-order valence-electron chi connectivity index (χ4n) is 1.33. The zero-order valence-corrected chi connectivity index (χ0v) is 11.2. The molecule has 1 aromatic rings. The van der Waals surface area contributed by atoms with Crippen molar-refractivity contribution in [3.63, 3.8) is 0 Å². The third-order valence-corrected chi connectivity index (χ3v) is 2.53. The number of rotatable bonds is 4. The van der Waals surface area contributed by atoms with E-state index in [1.54, 1.807) is 6.07 Å². The molecule has 0 amide bonds. The van der Waals surface area contributed by atoms with Gasteiger partial charge in [-0.15, -0.1) is 0 Å². The maximum atomic E-state index is 12.9. The van der Waals surface area contributed by atoms with E-state index in [1.165, 1.54) is 12.1 Å². The maximum absolute atomic E-state index is 12.9. The molecular formula is C12H18FN3S. The van der Waals surface area contributed by atoms with Gasteiger partial charge in [-0.1, -0.05) is 0 Å². The fraction of sp³-hybridized carbons (Fsp3) is 0.417. The number of nitrogens with one attached hydrogen (secondary N) is 2. The Hall–Kier alpha value is -1.20. The number of hydrogen-bond acceptors (Lipinski definition) is 2. The van der Waals surface area contributed by atoms with Gasteiger partial charge in [-0.2, -0.15) is 0 Å². The van der Waals surface area contributed by atoms with Crippen LogP contribution in [0.2, 0.25) is 0 Å². The summed E-state index contributed by atoms with van der Waals surface area (Å²) in [5.74, 6) is -0.237. The Morgan fingerprint density at radius 2 is 2.12 bits per heavy atom. The second-order valence-electron chi connectivity index (χ2n) is 4.14. The molecule has 0 saturated heterocycles. The molecule has 94 valence electrons. The third kappa shape index (κ3) is 5.10. The van der Waals surface area contributed by atoms with E-state index in [4.69, 9.17) is 12.2 Å². The molecule has 0 atom stereocenters. The van der Waals surface area contributed by atoms with Gasteiger partial charge in [-0.25, -0.2) is 4.39 Å². The Bertz CT molecular complexity index is 393. The molecular weight excluding hydrogens is 237 g/mol. The van der Waals surface area contributed by atoms with Gasteiger partial charge in [0.15, 0.2) is 5.11 Å². The summed E-state index contributed by atoms with van der Waals surface area (Å²) in [6, 6.07) is 4.58. The van der Waals surface area contributed by atoms with Crippen LogP contribution in [0.5, 0.6) is 0 Å². The molecule has 1 rings (SSSR count). The Balaban J connectivity index is 2.45. The van der Waals surface area contributed by atoms with Crippen LogP contribution in [0.15, 0.2) is 18.2 Å². The molecule has 0 fully saturated rings. The minimum Gasteiger partial charge on any atom is -0.361 e. The normalized spacial score (nSPS) is 10.4. The van der Waals surface area contributed by atoms with Gasteiger partial charge in [0.1, 0.15) is 5.82 Å². The van der Waals surface area contributed by atoms with Crippen molar-refractivity contribution in [2.45, 2.75) is 6.92 Å². The SMILES string of the molecule is Cc1cc(F)ccc1NC(=S)NCCN(C)C. The highest BCUT2D eigenvalue weighted by molar-refractivity contribution is 7.80. The lowest BCUT2D eigenvalue weighted by atomic mass is 10.2.